The highest BCUT2D eigenvalue weighted by atomic mass is 16.7. The average molecular weight is 209 g/mol. The maximum atomic E-state index is 5.69. The van der Waals surface area contributed by atoms with Crippen molar-refractivity contribution in [1.82, 2.24) is 0 Å². The summed E-state index contributed by atoms with van der Waals surface area (Å²) < 4.78 is 1.77. The van der Waals surface area contributed by atoms with Crippen LogP contribution in [0.25, 0.3) is 0 Å². The van der Waals surface area contributed by atoms with Crippen molar-refractivity contribution in [3.8, 4) is 0 Å². The molecule has 0 radical (unpaired) electrons. The molecule has 0 aliphatic carbocycles. The molecule has 0 N–H and O–H groups in total. The summed E-state index contributed by atoms with van der Waals surface area (Å²) in [7, 11) is 4.06. The third kappa shape index (κ3) is 3.78. The monoisotopic (exact) mass is 209 g/mol. The summed E-state index contributed by atoms with van der Waals surface area (Å²) in [5.41, 5.74) is 1.18. The van der Waals surface area contributed by atoms with Crippen LogP contribution in [0, 0.1) is 0 Å². The summed E-state index contributed by atoms with van der Waals surface area (Å²) in [6.45, 7) is 4.26. The van der Waals surface area contributed by atoms with Crippen molar-refractivity contribution in [3.05, 3.63) is 24.5 Å². The zero-order chi connectivity index (χ0) is 11.3. The van der Waals surface area contributed by atoms with E-state index in [-0.39, 0.29) is 6.10 Å². The summed E-state index contributed by atoms with van der Waals surface area (Å²) in [6, 6.07) is 4.08. The zero-order valence-corrected chi connectivity index (χ0v) is 10.1. The number of hydrogen-bond acceptors (Lipinski definition) is 2. The van der Waals surface area contributed by atoms with E-state index in [9.17, 15) is 0 Å². The molecule has 0 saturated carbocycles. The van der Waals surface area contributed by atoms with Gasteiger partial charge in [-0.25, -0.2) is 0 Å². The molecular formula is C12H21N2O+. The van der Waals surface area contributed by atoms with Gasteiger partial charge in [-0.05, 0) is 13.3 Å². The Morgan fingerprint density at radius 3 is 2.40 bits per heavy atom. The fraction of sp³-hybridized carbons (Fsp3) is 0.583. The summed E-state index contributed by atoms with van der Waals surface area (Å²) in [6.07, 6.45) is 6.40. The molecular weight excluding hydrogens is 188 g/mol. The van der Waals surface area contributed by atoms with Gasteiger partial charge in [0.1, 0.15) is 0 Å². The third-order valence-corrected chi connectivity index (χ3v) is 2.30. The van der Waals surface area contributed by atoms with Gasteiger partial charge in [-0.15, -0.1) is 0 Å². The first-order valence-corrected chi connectivity index (χ1v) is 5.49. The lowest BCUT2D eigenvalue weighted by Crippen LogP contribution is -2.46. The highest BCUT2D eigenvalue weighted by molar-refractivity contribution is 5.41. The fourth-order valence-electron chi connectivity index (χ4n) is 1.44. The largest absolute Gasteiger partial charge is 0.377 e. The summed E-state index contributed by atoms with van der Waals surface area (Å²) >= 11 is 0. The first kappa shape index (κ1) is 11.8. The van der Waals surface area contributed by atoms with Crippen LogP contribution in [0.15, 0.2) is 24.5 Å². The molecule has 1 unspecified atom stereocenters. The maximum absolute atomic E-state index is 5.69. The Kier molecular flexibility index (Phi) is 4.40. The molecule has 1 rings (SSSR count). The van der Waals surface area contributed by atoms with Crippen LogP contribution >= 0.6 is 0 Å². The highest BCUT2D eigenvalue weighted by Crippen LogP contribution is 2.05. The van der Waals surface area contributed by atoms with E-state index in [0.717, 1.165) is 12.8 Å². The SMILES string of the molecule is CCCC(C)O[n+]1ccc(N(C)C)cc1. The van der Waals surface area contributed by atoms with Gasteiger partial charge in [-0.3, -0.25) is 4.84 Å². The van der Waals surface area contributed by atoms with Gasteiger partial charge in [-0.1, -0.05) is 13.3 Å². The van der Waals surface area contributed by atoms with Crippen LogP contribution in [0.5, 0.6) is 0 Å². The van der Waals surface area contributed by atoms with Crippen molar-refractivity contribution in [2.45, 2.75) is 32.8 Å². The molecule has 1 atom stereocenters. The summed E-state index contributed by atoms with van der Waals surface area (Å²) in [5.74, 6) is 0. The normalized spacial score (nSPS) is 12.3. The lowest BCUT2D eigenvalue weighted by Gasteiger charge is -2.11. The minimum Gasteiger partial charge on any atom is -0.377 e. The van der Waals surface area contributed by atoms with E-state index in [1.807, 2.05) is 38.6 Å². The van der Waals surface area contributed by atoms with Crippen molar-refractivity contribution in [2.24, 2.45) is 0 Å². The van der Waals surface area contributed by atoms with Gasteiger partial charge < -0.3 is 4.90 Å². The molecule has 0 bridgehead atoms. The molecule has 0 saturated heterocycles. The topological polar surface area (TPSA) is 16.4 Å². The quantitative estimate of drug-likeness (QED) is 0.686. The van der Waals surface area contributed by atoms with Crippen LogP contribution in [0.2, 0.25) is 0 Å². The van der Waals surface area contributed by atoms with Crippen LogP contribution in [-0.4, -0.2) is 20.2 Å². The molecule has 84 valence electrons. The summed E-state index contributed by atoms with van der Waals surface area (Å²) in [5, 5.41) is 0. The van der Waals surface area contributed by atoms with Crippen molar-refractivity contribution >= 4 is 5.69 Å². The third-order valence-electron chi connectivity index (χ3n) is 2.30. The smallest absolute Gasteiger partial charge is 0.224 e. The second kappa shape index (κ2) is 5.59. The number of pyridine rings is 1. The number of rotatable bonds is 5. The Hall–Kier alpha value is -1.25. The Bertz CT molecular complexity index is 282. The van der Waals surface area contributed by atoms with Crippen molar-refractivity contribution in [1.29, 1.82) is 0 Å². The predicted octanol–water partition coefficient (Wildman–Crippen LogP) is 1.66. The van der Waals surface area contributed by atoms with Crippen molar-refractivity contribution in [2.75, 3.05) is 19.0 Å². The van der Waals surface area contributed by atoms with Crippen molar-refractivity contribution in [3.63, 3.8) is 0 Å². The van der Waals surface area contributed by atoms with E-state index >= 15 is 0 Å². The predicted molar refractivity (Wildman–Crippen MR) is 61.9 cm³/mol. The minimum absolute atomic E-state index is 0.269. The molecule has 3 heteroatoms. The molecule has 0 aliphatic heterocycles. The van der Waals surface area contributed by atoms with Crippen LogP contribution < -0.4 is 14.5 Å². The second-order valence-corrected chi connectivity index (χ2v) is 4.02. The molecule has 1 aromatic heterocycles. The maximum Gasteiger partial charge on any atom is 0.224 e. The summed E-state index contributed by atoms with van der Waals surface area (Å²) in [4.78, 5) is 7.76. The Balaban J connectivity index is 2.56. The number of nitrogens with zero attached hydrogens (tertiary/aromatic N) is 2. The molecule has 0 aliphatic rings. The first-order chi connectivity index (χ1) is 7.13. The van der Waals surface area contributed by atoms with Gasteiger partial charge in [0.15, 0.2) is 6.10 Å². The van der Waals surface area contributed by atoms with Gasteiger partial charge in [0, 0.05) is 36.6 Å². The van der Waals surface area contributed by atoms with Crippen LogP contribution in [-0.2, 0) is 0 Å². The Labute approximate surface area is 92.2 Å². The number of anilines is 1. The van der Waals surface area contributed by atoms with Crippen LogP contribution in [0.1, 0.15) is 26.7 Å². The van der Waals surface area contributed by atoms with Crippen molar-refractivity contribution < 1.29 is 9.57 Å². The van der Waals surface area contributed by atoms with Gasteiger partial charge in [0.25, 0.3) is 0 Å². The zero-order valence-electron chi connectivity index (χ0n) is 10.1. The molecule has 0 fully saturated rings. The minimum atomic E-state index is 0.269. The number of hydrogen-bond donors (Lipinski definition) is 0. The first-order valence-electron chi connectivity index (χ1n) is 5.49. The average Bonchev–Trinajstić information content (AvgIpc) is 2.18. The molecule has 15 heavy (non-hydrogen) atoms. The van der Waals surface area contributed by atoms with E-state index in [4.69, 9.17) is 4.84 Å². The van der Waals surface area contributed by atoms with Gasteiger partial charge in [0.05, 0.1) is 0 Å². The lowest BCUT2D eigenvalue weighted by atomic mass is 10.2. The molecule has 1 heterocycles. The van der Waals surface area contributed by atoms with E-state index < -0.39 is 0 Å². The lowest BCUT2D eigenvalue weighted by molar-refractivity contribution is -0.898. The van der Waals surface area contributed by atoms with E-state index in [1.165, 1.54) is 5.69 Å². The van der Waals surface area contributed by atoms with E-state index in [0.29, 0.717) is 0 Å². The van der Waals surface area contributed by atoms with E-state index in [1.54, 1.807) is 4.73 Å². The standard InChI is InChI=1S/C12H21N2O/c1-5-6-11(2)15-14-9-7-12(8-10-14)13(3)4/h7-11H,5-6H2,1-4H3/q+1. The molecule has 3 nitrogen and oxygen atoms in total. The Morgan fingerprint density at radius 2 is 1.93 bits per heavy atom. The Morgan fingerprint density at radius 1 is 1.33 bits per heavy atom. The molecule has 0 aromatic carbocycles. The molecule has 1 aromatic rings. The van der Waals surface area contributed by atoms with Gasteiger partial charge in [0.2, 0.25) is 12.4 Å². The fourth-order valence-corrected chi connectivity index (χ4v) is 1.44. The van der Waals surface area contributed by atoms with E-state index in [2.05, 4.69) is 18.7 Å². The molecule has 0 spiro atoms. The molecule has 0 amide bonds. The number of aromatic nitrogens is 1. The van der Waals surface area contributed by atoms with Crippen LogP contribution in [0.4, 0.5) is 5.69 Å². The van der Waals surface area contributed by atoms with Gasteiger partial charge in [-0.2, -0.15) is 0 Å². The highest BCUT2D eigenvalue weighted by Gasteiger charge is 2.08. The second-order valence-electron chi connectivity index (χ2n) is 4.02. The van der Waals surface area contributed by atoms with Crippen LogP contribution in [0.3, 0.4) is 0 Å². The van der Waals surface area contributed by atoms with Gasteiger partial charge >= 0.3 is 0 Å².